The molecule has 194 valence electrons. The van der Waals surface area contributed by atoms with E-state index in [-0.39, 0.29) is 17.3 Å². The highest BCUT2D eigenvalue weighted by atomic mass is 32.1. The molecule has 6 nitrogen and oxygen atoms in total. The summed E-state index contributed by atoms with van der Waals surface area (Å²) in [6.45, 7) is 11.5. The topological polar surface area (TPSA) is 74.7 Å². The molecule has 0 radical (unpaired) electrons. The van der Waals surface area contributed by atoms with E-state index in [1.54, 1.807) is 0 Å². The molecular weight excluding hydrogens is 482 g/mol. The van der Waals surface area contributed by atoms with Gasteiger partial charge in [0.05, 0.1) is 27.4 Å². The van der Waals surface area contributed by atoms with Gasteiger partial charge in [0.25, 0.3) is 0 Å². The van der Waals surface area contributed by atoms with Crippen molar-refractivity contribution in [1.82, 2.24) is 4.37 Å². The molecule has 1 amide bonds. The zero-order valence-corrected chi connectivity index (χ0v) is 22.6. The number of benzene rings is 2. The summed E-state index contributed by atoms with van der Waals surface area (Å²) in [7, 11) is 0. The van der Waals surface area contributed by atoms with Crippen LogP contribution in [0.1, 0.15) is 71.9 Å². The minimum absolute atomic E-state index is 0.224. The fourth-order valence-corrected chi connectivity index (χ4v) is 6.48. The van der Waals surface area contributed by atoms with E-state index in [0.29, 0.717) is 5.92 Å². The molecule has 1 saturated heterocycles. The van der Waals surface area contributed by atoms with Crippen LogP contribution in [0.3, 0.4) is 0 Å². The van der Waals surface area contributed by atoms with Crippen molar-refractivity contribution >= 4 is 29.0 Å². The number of aliphatic hydroxyl groups is 1. The molecule has 1 aromatic heterocycles. The number of nitrogens with zero attached hydrogens (tertiary/aromatic N) is 2. The highest BCUT2D eigenvalue weighted by Gasteiger charge is 2.47. The molecule has 0 bridgehead atoms. The number of amides is 1. The van der Waals surface area contributed by atoms with Crippen molar-refractivity contribution in [2.45, 2.75) is 63.9 Å². The first-order valence-electron chi connectivity index (χ1n) is 13.0. The van der Waals surface area contributed by atoms with Crippen molar-refractivity contribution in [2.24, 2.45) is 0 Å². The molecule has 0 unspecified atom stereocenters. The van der Waals surface area contributed by atoms with Crippen LogP contribution in [0.4, 0.5) is 16.2 Å². The van der Waals surface area contributed by atoms with Crippen LogP contribution in [0, 0.1) is 13.8 Å². The molecule has 2 heterocycles. The third kappa shape index (κ3) is 5.10. The quantitative estimate of drug-likeness (QED) is 0.316. The van der Waals surface area contributed by atoms with E-state index in [1.165, 1.54) is 17.2 Å². The third-order valence-electron chi connectivity index (χ3n) is 7.98. The van der Waals surface area contributed by atoms with Gasteiger partial charge < -0.3 is 14.7 Å². The number of carbonyl (C=O) groups is 1. The molecule has 0 spiro atoms. The molecule has 1 aliphatic heterocycles. The van der Waals surface area contributed by atoms with Crippen molar-refractivity contribution in [1.29, 1.82) is 0 Å². The van der Waals surface area contributed by atoms with Gasteiger partial charge in [-0.3, -0.25) is 5.32 Å². The Bertz CT molecular complexity index is 1290. The standard InChI is InChI=1S/C30H35N3O3S/c1-19-7-5-6-8-26(19)21(3)36-29(35)31-27-20(2)32-37-28(27)23-13-17-33(18-14-23)25-11-9-24(10-12-25)30(15-16-30)22(4)34/h5-12,21,23,34H,4,13-18H2,1-3H3,(H,31,35)/t21-/m1/s1. The van der Waals surface area contributed by atoms with Crippen LogP contribution in [0.2, 0.25) is 0 Å². The number of aryl methyl sites for hydroxylation is 2. The highest BCUT2D eigenvalue weighted by Crippen LogP contribution is 2.52. The van der Waals surface area contributed by atoms with Crippen LogP contribution in [0.5, 0.6) is 0 Å². The van der Waals surface area contributed by atoms with E-state index in [4.69, 9.17) is 4.74 Å². The Morgan fingerprint density at radius 1 is 1.16 bits per heavy atom. The van der Waals surface area contributed by atoms with Gasteiger partial charge in [-0.1, -0.05) is 43.0 Å². The van der Waals surface area contributed by atoms with Crippen molar-refractivity contribution in [3.05, 3.63) is 88.1 Å². The summed E-state index contributed by atoms with van der Waals surface area (Å²) in [5.41, 5.74) is 5.87. The molecule has 37 heavy (non-hydrogen) atoms. The van der Waals surface area contributed by atoms with Gasteiger partial charge in [-0.2, -0.15) is 4.37 Å². The Labute approximate surface area is 223 Å². The van der Waals surface area contributed by atoms with E-state index < -0.39 is 6.09 Å². The van der Waals surface area contributed by atoms with Gasteiger partial charge in [-0.05, 0) is 86.8 Å². The molecule has 2 N–H and O–H groups in total. The number of carbonyl (C=O) groups excluding carboxylic acids is 1. The van der Waals surface area contributed by atoms with Crippen LogP contribution >= 0.6 is 11.5 Å². The normalized spacial score (nSPS) is 17.8. The van der Waals surface area contributed by atoms with Crippen LogP contribution < -0.4 is 10.2 Å². The number of allylic oxidation sites excluding steroid dienone is 1. The van der Waals surface area contributed by atoms with Gasteiger partial charge in [-0.25, -0.2) is 4.79 Å². The van der Waals surface area contributed by atoms with E-state index >= 15 is 0 Å². The summed E-state index contributed by atoms with van der Waals surface area (Å²) in [6.07, 6.45) is 3.13. The fourth-order valence-electron chi connectivity index (χ4n) is 5.48. The number of hydrogen-bond donors (Lipinski definition) is 2. The Balaban J connectivity index is 1.20. The lowest BCUT2D eigenvalue weighted by Crippen LogP contribution is -2.33. The van der Waals surface area contributed by atoms with E-state index in [0.717, 1.165) is 71.7 Å². The summed E-state index contributed by atoms with van der Waals surface area (Å²) in [5, 5.41) is 13.0. The van der Waals surface area contributed by atoms with E-state index in [2.05, 4.69) is 45.4 Å². The number of hydrogen-bond acceptors (Lipinski definition) is 6. The number of anilines is 2. The molecule has 2 fully saturated rings. The second kappa shape index (κ2) is 10.2. The average Bonchev–Trinajstić information content (AvgIpc) is 3.64. The number of aromatic nitrogens is 1. The van der Waals surface area contributed by atoms with Gasteiger partial charge in [0.1, 0.15) is 6.10 Å². The minimum atomic E-state index is -0.447. The van der Waals surface area contributed by atoms with Crippen molar-refractivity contribution < 1.29 is 14.6 Å². The lowest BCUT2D eigenvalue weighted by atomic mass is 9.92. The predicted molar refractivity (Wildman–Crippen MR) is 150 cm³/mol. The summed E-state index contributed by atoms with van der Waals surface area (Å²) >= 11 is 1.48. The summed E-state index contributed by atoms with van der Waals surface area (Å²) in [4.78, 5) is 16.3. The number of piperidine rings is 1. The molecular formula is C30H35N3O3S. The number of rotatable bonds is 7. The van der Waals surface area contributed by atoms with Gasteiger partial charge in [0.2, 0.25) is 0 Å². The van der Waals surface area contributed by atoms with Crippen molar-refractivity contribution in [3.63, 3.8) is 0 Å². The molecule has 2 aromatic carbocycles. The van der Waals surface area contributed by atoms with Gasteiger partial charge in [-0.15, -0.1) is 0 Å². The van der Waals surface area contributed by atoms with Gasteiger partial charge in [0, 0.05) is 24.7 Å². The lowest BCUT2D eigenvalue weighted by molar-refractivity contribution is 0.121. The SMILES string of the molecule is C=C(O)C1(c2ccc(N3CCC(c4snc(C)c4NC(=O)O[C@H](C)c4ccccc4C)CC3)cc2)CC1. The van der Waals surface area contributed by atoms with Crippen molar-refractivity contribution in [3.8, 4) is 0 Å². The third-order valence-corrected chi connectivity index (χ3v) is 9.08. The molecule has 1 atom stereocenters. The molecule has 3 aromatic rings. The summed E-state index contributed by atoms with van der Waals surface area (Å²) in [6, 6.07) is 16.5. The molecule has 5 rings (SSSR count). The monoisotopic (exact) mass is 517 g/mol. The zero-order chi connectivity index (χ0) is 26.2. The predicted octanol–water partition coefficient (Wildman–Crippen LogP) is 7.56. The summed E-state index contributed by atoms with van der Waals surface area (Å²) < 4.78 is 10.3. The van der Waals surface area contributed by atoms with E-state index in [9.17, 15) is 9.90 Å². The van der Waals surface area contributed by atoms with Gasteiger partial charge >= 0.3 is 6.09 Å². The largest absolute Gasteiger partial charge is 0.512 e. The second-order valence-corrected chi connectivity index (χ2v) is 11.2. The summed E-state index contributed by atoms with van der Waals surface area (Å²) in [5.74, 6) is 0.622. The second-order valence-electron chi connectivity index (χ2n) is 10.4. The Hall–Kier alpha value is -3.32. The Kier molecular flexibility index (Phi) is 6.99. The smallest absolute Gasteiger partial charge is 0.412 e. The maximum absolute atomic E-state index is 12.8. The maximum atomic E-state index is 12.8. The lowest BCUT2D eigenvalue weighted by Gasteiger charge is -2.33. The molecule has 1 aliphatic carbocycles. The highest BCUT2D eigenvalue weighted by molar-refractivity contribution is 7.06. The van der Waals surface area contributed by atoms with Crippen LogP contribution in [-0.4, -0.2) is 28.7 Å². The molecule has 1 saturated carbocycles. The minimum Gasteiger partial charge on any atom is -0.512 e. The first-order valence-corrected chi connectivity index (χ1v) is 13.8. The van der Waals surface area contributed by atoms with E-state index in [1.807, 2.05) is 45.0 Å². The number of nitrogens with one attached hydrogen (secondary N) is 1. The van der Waals surface area contributed by atoms with Crippen LogP contribution in [0.25, 0.3) is 0 Å². The Morgan fingerprint density at radius 3 is 2.46 bits per heavy atom. The number of aliphatic hydroxyl groups excluding tert-OH is 1. The van der Waals surface area contributed by atoms with Crippen LogP contribution in [0.15, 0.2) is 60.9 Å². The zero-order valence-electron chi connectivity index (χ0n) is 21.8. The first-order chi connectivity index (χ1) is 17.8. The number of ether oxygens (including phenoxy) is 1. The maximum Gasteiger partial charge on any atom is 0.412 e. The molecule has 7 heteroatoms. The average molecular weight is 518 g/mol. The Morgan fingerprint density at radius 2 is 1.84 bits per heavy atom. The first kappa shape index (κ1) is 25.3. The molecule has 2 aliphatic rings. The van der Waals surface area contributed by atoms with Gasteiger partial charge in [0.15, 0.2) is 0 Å². The van der Waals surface area contributed by atoms with Crippen LogP contribution in [-0.2, 0) is 10.2 Å². The fraction of sp³-hybridized carbons (Fsp3) is 0.400. The van der Waals surface area contributed by atoms with Crippen molar-refractivity contribution in [2.75, 3.05) is 23.3 Å².